The van der Waals surface area contributed by atoms with Crippen LogP contribution in [0.15, 0.2) is 59.5 Å². The van der Waals surface area contributed by atoms with Crippen molar-refractivity contribution in [1.82, 2.24) is 5.32 Å². The third-order valence-electron chi connectivity index (χ3n) is 5.00. The molecule has 6 nitrogen and oxygen atoms in total. The first kappa shape index (κ1) is 23.9. The van der Waals surface area contributed by atoms with E-state index in [9.17, 15) is 13.2 Å². The standard InChI is InChI=1S/C23H31NO5S/c1-4-16-24-17-15-23(22(25)29-5-2,18-19-9-7-6-8-10-19)30(26,27)21-13-11-20(28-3)12-14-21/h6-14,24H,4-5,15-18H2,1-3H3. The minimum absolute atomic E-state index is 0.0365. The number of methoxy groups -OCH3 is 1. The Morgan fingerprint density at radius 3 is 2.23 bits per heavy atom. The summed E-state index contributed by atoms with van der Waals surface area (Å²) in [7, 11) is -2.55. The minimum atomic E-state index is -4.06. The lowest BCUT2D eigenvalue weighted by Gasteiger charge is -2.31. The van der Waals surface area contributed by atoms with E-state index in [1.54, 1.807) is 19.1 Å². The average molecular weight is 434 g/mol. The monoisotopic (exact) mass is 433 g/mol. The molecule has 30 heavy (non-hydrogen) atoms. The van der Waals surface area contributed by atoms with Crippen LogP contribution in [0.1, 0.15) is 32.3 Å². The molecule has 0 fully saturated rings. The van der Waals surface area contributed by atoms with E-state index in [-0.39, 0.29) is 24.3 Å². The molecule has 7 heteroatoms. The largest absolute Gasteiger partial charge is 0.497 e. The van der Waals surface area contributed by atoms with Crippen LogP contribution < -0.4 is 10.1 Å². The van der Waals surface area contributed by atoms with Gasteiger partial charge < -0.3 is 14.8 Å². The molecule has 0 saturated heterocycles. The Morgan fingerprint density at radius 1 is 1.00 bits per heavy atom. The Labute approximate surface area is 179 Å². The van der Waals surface area contributed by atoms with Crippen LogP contribution >= 0.6 is 0 Å². The Kier molecular flexibility index (Phi) is 8.87. The van der Waals surface area contributed by atoms with E-state index < -0.39 is 20.6 Å². The van der Waals surface area contributed by atoms with Gasteiger partial charge in [-0.2, -0.15) is 0 Å². The van der Waals surface area contributed by atoms with E-state index in [1.165, 1.54) is 19.2 Å². The van der Waals surface area contributed by atoms with Gasteiger partial charge in [-0.1, -0.05) is 37.3 Å². The fraction of sp³-hybridized carbons (Fsp3) is 0.435. The second-order valence-corrected chi connectivity index (χ2v) is 9.32. The number of ether oxygens (including phenoxy) is 2. The predicted molar refractivity (Wildman–Crippen MR) is 117 cm³/mol. The van der Waals surface area contributed by atoms with Gasteiger partial charge in [0.1, 0.15) is 5.75 Å². The lowest BCUT2D eigenvalue weighted by Crippen LogP contribution is -2.51. The van der Waals surface area contributed by atoms with Crippen LogP contribution in [0.25, 0.3) is 0 Å². The van der Waals surface area contributed by atoms with Crippen LogP contribution in [0.3, 0.4) is 0 Å². The van der Waals surface area contributed by atoms with Crippen LogP contribution in [0, 0.1) is 0 Å². The van der Waals surface area contributed by atoms with Crippen molar-refractivity contribution in [1.29, 1.82) is 0 Å². The lowest BCUT2D eigenvalue weighted by molar-refractivity contribution is -0.146. The third kappa shape index (κ3) is 5.40. The van der Waals surface area contributed by atoms with Crippen LogP contribution in [-0.2, 0) is 25.8 Å². The van der Waals surface area contributed by atoms with Gasteiger partial charge in [-0.05, 0) is 62.7 Å². The molecule has 0 saturated carbocycles. The van der Waals surface area contributed by atoms with Gasteiger partial charge in [-0.3, -0.25) is 4.79 Å². The van der Waals surface area contributed by atoms with Crippen molar-refractivity contribution in [3.63, 3.8) is 0 Å². The van der Waals surface area contributed by atoms with Crippen LogP contribution in [-0.4, -0.2) is 45.9 Å². The van der Waals surface area contributed by atoms with Crippen molar-refractivity contribution in [3.05, 3.63) is 60.2 Å². The minimum Gasteiger partial charge on any atom is -0.497 e. The van der Waals surface area contributed by atoms with E-state index in [2.05, 4.69) is 5.32 Å². The molecule has 1 unspecified atom stereocenters. The lowest BCUT2D eigenvalue weighted by atomic mass is 9.95. The summed E-state index contributed by atoms with van der Waals surface area (Å²) in [4.78, 5) is 13.3. The molecule has 0 radical (unpaired) electrons. The molecule has 0 aliphatic carbocycles. The summed E-state index contributed by atoms with van der Waals surface area (Å²) >= 11 is 0. The SMILES string of the molecule is CCCNCCC(Cc1ccccc1)(C(=O)OCC)S(=O)(=O)c1ccc(OC)cc1. The summed E-state index contributed by atoms with van der Waals surface area (Å²) in [5.41, 5.74) is 0.762. The van der Waals surface area contributed by atoms with Crippen molar-refractivity contribution in [2.75, 3.05) is 26.8 Å². The van der Waals surface area contributed by atoms with Crippen LogP contribution in [0.5, 0.6) is 5.75 Å². The highest BCUT2D eigenvalue weighted by Crippen LogP contribution is 2.35. The number of hydrogen-bond acceptors (Lipinski definition) is 6. The first-order valence-electron chi connectivity index (χ1n) is 10.2. The number of esters is 1. The van der Waals surface area contributed by atoms with Crippen LogP contribution in [0.4, 0.5) is 0 Å². The Morgan fingerprint density at radius 2 is 1.67 bits per heavy atom. The van der Waals surface area contributed by atoms with E-state index in [1.807, 2.05) is 37.3 Å². The summed E-state index contributed by atoms with van der Waals surface area (Å²) in [5, 5.41) is 3.22. The van der Waals surface area contributed by atoms with Gasteiger partial charge >= 0.3 is 5.97 Å². The normalized spacial score (nSPS) is 13.4. The summed E-state index contributed by atoms with van der Waals surface area (Å²) in [6.07, 6.45) is 1.06. The van der Waals surface area contributed by atoms with Gasteiger partial charge in [-0.25, -0.2) is 8.42 Å². The van der Waals surface area contributed by atoms with Gasteiger partial charge in [0.05, 0.1) is 18.6 Å². The molecule has 0 aromatic heterocycles. The molecule has 1 atom stereocenters. The molecule has 0 heterocycles. The quantitative estimate of drug-likeness (QED) is 0.408. The van der Waals surface area contributed by atoms with Gasteiger partial charge in [0.2, 0.25) is 0 Å². The maximum absolute atomic E-state index is 13.9. The number of hydrogen-bond donors (Lipinski definition) is 1. The number of nitrogens with one attached hydrogen (secondary N) is 1. The number of carbonyl (C=O) groups is 1. The number of carbonyl (C=O) groups excluding carboxylic acids is 1. The molecule has 2 aromatic carbocycles. The smallest absolute Gasteiger partial charge is 0.328 e. The highest BCUT2D eigenvalue weighted by atomic mass is 32.2. The number of rotatable bonds is 12. The molecule has 1 N–H and O–H groups in total. The summed E-state index contributed by atoms with van der Waals surface area (Å²) < 4.78 is 36.5. The highest BCUT2D eigenvalue weighted by Gasteiger charge is 2.52. The van der Waals surface area contributed by atoms with Crippen molar-refractivity contribution in [2.24, 2.45) is 0 Å². The van der Waals surface area contributed by atoms with E-state index >= 15 is 0 Å². The molecule has 2 aromatic rings. The Bertz CT molecular complexity index is 897. The molecule has 0 aliphatic rings. The highest BCUT2D eigenvalue weighted by molar-refractivity contribution is 7.93. The second-order valence-electron chi connectivity index (χ2n) is 7.06. The fourth-order valence-corrected chi connectivity index (χ4v) is 5.31. The van der Waals surface area contributed by atoms with Crippen molar-refractivity contribution >= 4 is 15.8 Å². The summed E-state index contributed by atoms with van der Waals surface area (Å²) in [6.45, 7) is 4.95. The summed E-state index contributed by atoms with van der Waals surface area (Å²) in [6, 6.07) is 15.3. The van der Waals surface area contributed by atoms with Crippen molar-refractivity contribution < 1.29 is 22.7 Å². The van der Waals surface area contributed by atoms with Gasteiger partial charge in [-0.15, -0.1) is 0 Å². The van der Waals surface area contributed by atoms with Crippen LogP contribution in [0.2, 0.25) is 0 Å². The zero-order valence-electron chi connectivity index (χ0n) is 17.9. The van der Waals surface area contributed by atoms with Crippen molar-refractivity contribution in [2.45, 2.75) is 42.8 Å². The molecular weight excluding hydrogens is 402 g/mol. The maximum atomic E-state index is 13.9. The Hall–Kier alpha value is -2.38. The topological polar surface area (TPSA) is 81.7 Å². The molecule has 2 rings (SSSR count). The molecule has 164 valence electrons. The van der Waals surface area contributed by atoms with Gasteiger partial charge in [0.15, 0.2) is 14.6 Å². The molecule has 0 bridgehead atoms. The first-order chi connectivity index (χ1) is 14.4. The first-order valence-corrected chi connectivity index (χ1v) is 11.7. The maximum Gasteiger partial charge on any atom is 0.328 e. The van der Waals surface area contributed by atoms with E-state index in [4.69, 9.17) is 9.47 Å². The third-order valence-corrected chi connectivity index (χ3v) is 7.43. The van der Waals surface area contributed by atoms with Gasteiger partial charge in [0.25, 0.3) is 0 Å². The Balaban J connectivity index is 2.57. The van der Waals surface area contributed by atoms with Crippen molar-refractivity contribution in [3.8, 4) is 5.75 Å². The molecular formula is C23H31NO5S. The molecule has 0 aliphatic heterocycles. The predicted octanol–water partition coefficient (Wildman–Crippen LogP) is 3.40. The molecule has 0 spiro atoms. The van der Waals surface area contributed by atoms with Gasteiger partial charge in [0, 0.05) is 6.42 Å². The fourth-order valence-electron chi connectivity index (χ4n) is 3.36. The zero-order chi connectivity index (χ0) is 22.0. The summed E-state index contributed by atoms with van der Waals surface area (Å²) in [5.74, 6) is -0.175. The second kappa shape index (κ2) is 11.1. The molecule has 0 amide bonds. The number of sulfone groups is 1. The average Bonchev–Trinajstić information content (AvgIpc) is 2.76. The van der Waals surface area contributed by atoms with E-state index in [0.717, 1.165) is 18.5 Å². The number of benzene rings is 2. The van der Waals surface area contributed by atoms with E-state index in [0.29, 0.717) is 12.3 Å². The zero-order valence-corrected chi connectivity index (χ0v) is 18.7.